The molecular weight excluding hydrogens is 254 g/mol. The Kier molecular flexibility index (Phi) is 8.42. The molecule has 0 aliphatic rings. The smallest absolute Gasteiger partial charge is 0.188 e. The molecule has 0 bridgehead atoms. The molecule has 1 rings (SSSR count). The Bertz CT molecular complexity index is 391. The van der Waals surface area contributed by atoms with Gasteiger partial charge in [0.1, 0.15) is 0 Å². The summed E-state index contributed by atoms with van der Waals surface area (Å²) in [5.74, 6) is 0.480. The Balaban J connectivity index is 2.17. The summed E-state index contributed by atoms with van der Waals surface area (Å²) in [6.07, 6.45) is 1.76. The fourth-order valence-corrected chi connectivity index (χ4v) is 1.71. The number of nitrogens with zero attached hydrogens (tertiary/aromatic N) is 1. The van der Waals surface area contributed by atoms with Crippen LogP contribution in [0.25, 0.3) is 0 Å². The van der Waals surface area contributed by atoms with E-state index in [1.807, 2.05) is 31.2 Å². The van der Waals surface area contributed by atoms with Crippen molar-refractivity contribution >= 4 is 5.96 Å². The van der Waals surface area contributed by atoms with Crippen LogP contribution < -0.4 is 11.1 Å². The van der Waals surface area contributed by atoms with Crippen molar-refractivity contribution in [1.29, 1.82) is 0 Å². The molecule has 0 aliphatic carbocycles. The first-order chi connectivity index (χ1) is 9.76. The summed E-state index contributed by atoms with van der Waals surface area (Å²) < 4.78 is 5.22. The number of aliphatic imine (C=N–C) groups is 1. The molecule has 0 atom stereocenters. The Morgan fingerprint density at radius 2 is 2.00 bits per heavy atom. The maximum atomic E-state index is 8.96. The molecule has 0 radical (unpaired) electrons. The molecule has 1 aromatic rings. The third-order valence-electron chi connectivity index (χ3n) is 2.86. The number of aliphatic hydroxyl groups excluding tert-OH is 1. The average molecular weight is 279 g/mol. The molecule has 0 saturated heterocycles. The SMILES string of the molecule is CCOCCCN=C(N)NCCc1ccc(CO)cc1. The molecule has 5 nitrogen and oxygen atoms in total. The first-order valence-electron chi connectivity index (χ1n) is 7.06. The van der Waals surface area contributed by atoms with Crippen LogP contribution in [0.5, 0.6) is 0 Å². The first kappa shape index (κ1) is 16.5. The van der Waals surface area contributed by atoms with Gasteiger partial charge in [-0.2, -0.15) is 0 Å². The number of guanidine groups is 1. The second kappa shape index (κ2) is 10.2. The minimum Gasteiger partial charge on any atom is -0.392 e. The van der Waals surface area contributed by atoms with Crippen molar-refractivity contribution in [2.75, 3.05) is 26.3 Å². The van der Waals surface area contributed by atoms with Gasteiger partial charge < -0.3 is 20.9 Å². The number of nitrogens with two attached hydrogens (primary N) is 1. The molecule has 0 spiro atoms. The summed E-state index contributed by atoms with van der Waals surface area (Å²) in [6, 6.07) is 7.90. The second-order valence-electron chi connectivity index (χ2n) is 4.47. The maximum absolute atomic E-state index is 8.96. The highest BCUT2D eigenvalue weighted by molar-refractivity contribution is 5.77. The third kappa shape index (κ3) is 7.11. The lowest BCUT2D eigenvalue weighted by atomic mass is 10.1. The van der Waals surface area contributed by atoms with Gasteiger partial charge in [0.2, 0.25) is 0 Å². The lowest BCUT2D eigenvalue weighted by molar-refractivity contribution is 0.146. The fraction of sp³-hybridized carbons (Fsp3) is 0.533. The van der Waals surface area contributed by atoms with E-state index in [-0.39, 0.29) is 6.61 Å². The fourth-order valence-electron chi connectivity index (χ4n) is 1.71. The van der Waals surface area contributed by atoms with Crippen molar-refractivity contribution < 1.29 is 9.84 Å². The van der Waals surface area contributed by atoms with Gasteiger partial charge in [0.25, 0.3) is 0 Å². The largest absolute Gasteiger partial charge is 0.392 e. The summed E-state index contributed by atoms with van der Waals surface area (Å²) >= 11 is 0. The number of ether oxygens (including phenoxy) is 1. The normalized spacial score (nSPS) is 11.6. The second-order valence-corrected chi connectivity index (χ2v) is 4.47. The van der Waals surface area contributed by atoms with E-state index in [4.69, 9.17) is 15.6 Å². The summed E-state index contributed by atoms with van der Waals surface area (Å²) in [7, 11) is 0. The number of benzene rings is 1. The van der Waals surface area contributed by atoms with E-state index in [0.717, 1.165) is 38.2 Å². The van der Waals surface area contributed by atoms with Gasteiger partial charge in [-0.15, -0.1) is 0 Å². The summed E-state index contributed by atoms with van der Waals surface area (Å²) in [6.45, 7) is 4.96. The Hall–Kier alpha value is -1.59. The summed E-state index contributed by atoms with van der Waals surface area (Å²) in [5, 5.41) is 12.0. The van der Waals surface area contributed by atoms with Crippen molar-refractivity contribution in [3.05, 3.63) is 35.4 Å². The zero-order valence-corrected chi connectivity index (χ0v) is 12.1. The van der Waals surface area contributed by atoms with Crippen molar-refractivity contribution in [1.82, 2.24) is 5.32 Å². The number of rotatable bonds is 9. The number of nitrogens with one attached hydrogen (secondary N) is 1. The standard InChI is InChI=1S/C15H25N3O2/c1-2-20-11-3-9-17-15(16)18-10-8-13-4-6-14(12-19)7-5-13/h4-7,19H,2-3,8-12H2,1H3,(H3,16,17,18). The van der Waals surface area contributed by atoms with Crippen LogP contribution >= 0.6 is 0 Å². The molecule has 1 aromatic carbocycles. The molecule has 112 valence electrons. The van der Waals surface area contributed by atoms with Gasteiger partial charge in [0.05, 0.1) is 6.61 Å². The molecule has 0 unspecified atom stereocenters. The lowest BCUT2D eigenvalue weighted by Gasteiger charge is -2.06. The molecule has 0 heterocycles. The third-order valence-corrected chi connectivity index (χ3v) is 2.86. The van der Waals surface area contributed by atoms with Gasteiger partial charge in [0, 0.05) is 26.3 Å². The first-order valence-corrected chi connectivity index (χ1v) is 7.06. The van der Waals surface area contributed by atoms with E-state index in [0.29, 0.717) is 12.5 Å². The zero-order valence-electron chi connectivity index (χ0n) is 12.1. The van der Waals surface area contributed by atoms with Gasteiger partial charge >= 0.3 is 0 Å². The van der Waals surface area contributed by atoms with Crippen LogP contribution in [0.1, 0.15) is 24.5 Å². The van der Waals surface area contributed by atoms with Crippen LogP contribution in [0.15, 0.2) is 29.3 Å². The average Bonchev–Trinajstić information content (AvgIpc) is 2.48. The number of hydrogen-bond acceptors (Lipinski definition) is 3. The molecule has 4 N–H and O–H groups in total. The highest BCUT2D eigenvalue weighted by Crippen LogP contribution is 2.04. The zero-order chi connectivity index (χ0) is 14.6. The van der Waals surface area contributed by atoms with Crippen LogP contribution in [0.3, 0.4) is 0 Å². The van der Waals surface area contributed by atoms with E-state index in [2.05, 4.69) is 10.3 Å². The van der Waals surface area contributed by atoms with Crippen molar-refractivity contribution in [3.63, 3.8) is 0 Å². The molecule has 0 saturated carbocycles. The Morgan fingerprint density at radius 1 is 1.30 bits per heavy atom. The van der Waals surface area contributed by atoms with E-state index >= 15 is 0 Å². The monoisotopic (exact) mass is 279 g/mol. The van der Waals surface area contributed by atoms with Crippen molar-refractivity contribution in [3.8, 4) is 0 Å². The predicted molar refractivity (Wildman–Crippen MR) is 81.7 cm³/mol. The number of aliphatic hydroxyl groups is 1. The van der Waals surface area contributed by atoms with Crippen molar-refractivity contribution in [2.24, 2.45) is 10.7 Å². The van der Waals surface area contributed by atoms with Crippen LogP contribution in [-0.2, 0) is 17.8 Å². The maximum Gasteiger partial charge on any atom is 0.188 e. The van der Waals surface area contributed by atoms with Crippen LogP contribution in [0, 0.1) is 0 Å². The minimum atomic E-state index is 0.0832. The minimum absolute atomic E-state index is 0.0832. The number of hydrogen-bond donors (Lipinski definition) is 3. The highest BCUT2D eigenvalue weighted by atomic mass is 16.5. The van der Waals surface area contributed by atoms with E-state index < -0.39 is 0 Å². The van der Waals surface area contributed by atoms with Gasteiger partial charge in [-0.1, -0.05) is 24.3 Å². The lowest BCUT2D eigenvalue weighted by Crippen LogP contribution is -2.33. The molecule has 0 fully saturated rings. The molecule has 0 aromatic heterocycles. The molecule has 5 heteroatoms. The molecule has 20 heavy (non-hydrogen) atoms. The topological polar surface area (TPSA) is 79.9 Å². The molecule has 0 aliphatic heterocycles. The summed E-state index contributed by atoms with van der Waals surface area (Å²) in [4.78, 5) is 4.22. The highest BCUT2D eigenvalue weighted by Gasteiger charge is 1.96. The van der Waals surface area contributed by atoms with Crippen LogP contribution in [0.2, 0.25) is 0 Å². The van der Waals surface area contributed by atoms with E-state index in [1.165, 1.54) is 5.56 Å². The molecular formula is C15H25N3O2. The van der Waals surface area contributed by atoms with Gasteiger partial charge in [0.15, 0.2) is 5.96 Å². The summed E-state index contributed by atoms with van der Waals surface area (Å²) in [5.41, 5.74) is 7.90. The Morgan fingerprint density at radius 3 is 2.65 bits per heavy atom. The van der Waals surface area contributed by atoms with Crippen LogP contribution in [-0.4, -0.2) is 37.4 Å². The Labute approximate surface area is 120 Å². The predicted octanol–water partition coefficient (Wildman–Crippen LogP) is 1.05. The van der Waals surface area contributed by atoms with Gasteiger partial charge in [-0.25, -0.2) is 0 Å². The van der Waals surface area contributed by atoms with Crippen LogP contribution in [0.4, 0.5) is 0 Å². The van der Waals surface area contributed by atoms with E-state index in [9.17, 15) is 0 Å². The van der Waals surface area contributed by atoms with Gasteiger partial charge in [-0.05, 0) is 30.9 Å². The van der Waals surface area contributed by atoms with Gasteiger partial charge in [-0.3, -0.25) is 4.99 Å². The van der Waals surface area contributed by atoms with Crippen molar-refractivity contribution in [2.45, 2.75) is 26.4 Å². The molecule has 0 amide bonds. The quantitative estimate of drug-likeness (QED) is 0.359. The van der Waals surface area contributed by atoms with E-state index in [1.54, 1.807) is 0 Å².